The quantitative estimate of drug-likeness (QED) is 0.866. The van der Waals surface area contributed by atoms with Crippen LogP contribution in [0, 0.1) is 5.92 Å². The van der Waals surface area contributed by atoms with Crippen molar-refractivity contribution >= 4 is 11.9 Å². The average molecular weight is 338 g/mol. The molecular formula is C19H26N6. The second-order valence-corrected chi connectivity index (χ2v) is 7.32. The lowest BCUT2D eigenvalue weighted by atomic mass is 9.83. The van der Waals surface area contributed by atoms with Crippen molar-refractivity contribution in [3.63, 3.8) is 0 Å². The van der Waals surface area contributed by atoms with Crippen molar-refractivity contribution in [3.8, 4) is 11.3 Å². The first-order valence-electron chi connectivity index (χ1n) is 9.41. The Kier molecular flexibility index (Phi) is 4.51. The summed E-state index contributed by atoms with van der Waals surface area (Å²) < 4.78 is 0. The van der Waals surface area contributed by atoms with Crippen LogP contribution in [0.4, 0.5) is 11.9 Å². The summed E-state index contributed by atoms with van der Waals surface area (Å²) in [6.45, 7) is 0. The van der Waals surface area contributed by atoms with Gasteiger partial charge in [-0.3, -0.25) is 0 Å². The van der Waals surface area contributed by atoms with Crippen molar-refractivity contribution in [2.75, 3.05) is 18.1 Å². The number of nitrogens with one attached hydrogen (secondary N) is 1. The molecule has 4 rings (SSSR count). The average Bonchev–Trinajstić information content (AvgIpc) is 3.46. The Hall–Kier alpha value is -2.24. The normalized spacial score (nSPS) is 18.3. The fourth-order valence-electron chi connectivity index (χ4n) is 3.82. The molecule has 0 amide bonds. The molecule has 6 nitrogen and oxygen atoms in total. The van der Waals surface area contributed by atoms with Crippen LogP contribution in [0.1, 0.15) is 62.1 Å². The first-order valence-corrected chi connectivity index (χ1v) is 9.41. The monoisotopic (exact) mass is 338 g/mol. The highest BCUT2D eigenvalue weighted by atomic mass is 15.1. The highest BCUT2D eigenvalue weighted by Crippen LogP contribution is 2.40. The van der Waals surface area contributed by atoms with E-state index in [0.29, 0.717) is 17.8 Å². The third-order valence-corrected chi connectivity index (χ3v) is 5.41. The van der Waals surface area contributed by atoms with Gasteiger partial charge in [-0.2, -0.15) is 0 Å². The summed E-state index contributed by atoms with van der Waals surface area (Å²) in [7, 11) is 1.85. The lowest BCUT2D eigenvalue weighted by molar-refractivity contribution is 0.443. The molecule has 6 heteroatoms. The zero-order valence-corrected chi connectivity index (χ0v) is 14.8. The van der Waals surface area contributed by atoms with E-state index in [4.69, 9.17) is 10.7 Å². The lowest BCUT2D eigenvalue weighted by Crippen LogP contribution is -2.11. The summed E-state index contributed by atoms with van der Waals surface area (Å²) in [6.07, 6.45) is 13.7. The topological polar surface area (TPSA) is 89.6 Å². The standard InChI is InChI=1S/C19H26N6/c1-21-19-23-10-14(13-5-3-2-4-6-13)17(25-19)15-11-22-18(20)24-16(15)9-12-7-8-12/h10-13H,2-9H2,1H3,(H2,20,22,24)(H,21,23,25). The van der Waals surface area contributed by atoms with Gasteiger partial charge in [-0.1, -0.05) is 19.3 Å². The molecule has 0 aromatic carbocycles. The summed E-state index contributed by atoms with van der Waals surface area (Å²) in [5.74, 6) is 2.25. The van der Waals surface area contributed by atoms with Gasteiger partial charge >= 0.3 is 0 Å². The SMILES string of the molecule is CNc1ncc(C2CCCCC2)c(-c2cnc(N)nc2CC2CC2)n1. The summed E-state index contributed by atoms with van der Waals surface area (Å²) in [4.78, 5) is 18.1. The van der Waals surface area contributed by atoms with Gasteiger partial charge in [0.15, 0.2) is 0 Å². The van der Waals surface area contributed by atoms with Gasteiger partial charge in [0.2, 0.25) is 11.9 Å². The largest absolute Gasteiger partial charge is 0.368 e. The maximum absolute atomic E-state index is 5.87. The third-order valence-electron chi connectivity index (χ3n) is 5.41. The number of hydrogen-bond acceptors (Lipinski definition) is 6. The van der Waals surface area contributed by atoms with Gasteiger partial charge in [-0.05, 0) is 43.9 Å². The van der Waals surface area contributed by atoms with Crippen molar-refractivity contribution < 1.29 is 0 Å². The van der Waals surface area contributed by atoms with Crippen LogP contribution in [0.25, 0.3) is 11.3 Å². The lowest BCUT2D eigenvalue weighted by Gasteiger charge is -2.24. The van der Waals surface area contributed by atoms with Crippen LogP contribution >= 0.6 is 0 Å². The van der Waals surface area contributed by atoms with Crippen LogP contribution in [0.5, 0.6) is 0 Å². The molecule has 0 radical (unpaired) electrons. The predicted molar refractivity (Wildman–Crippen MR) is 99.3 cm³/mol. The highest BCUT2D eigenvalue weighted by molar-refractivity contribution is 5.67. The Labute approximate surface area is 148 Å². The Bertz CT molecular complexity index is 750. The number of hydrogen-bond donors (Lipinski definition) is 2. The zero-order chi connectivity index (χ0) is 17.2. The summed E-state index contributed by atoms with van der Waals surface area (Å²) >= 11 is 0. The fourth-order valence-corrected chi connectivity index (χ4v) is 3.82. The minimum atomic E-state index is 0.349. The smallest absolute Gasteiger partial charge is 0.222 e. The second kappa shape index (κ2) is 6.94. The van der Waals surface area contributed by atoms with Crippen molar-refractivity contribution in [2.24, 2.45) is 5.92 Å². The molecule has 2 fully saturated rings. The molecule has 2 saturated carbocycles. The van der Waals surface area contributed by atoms with Gasteiger partial charge in [0.1, 0.15) is 0 Å². The first kappa shape index (κ1) is 16.2. The highest BCUT2D eigenvalue weighted by Gasteiger charge is 2.27. The van der Waals surface area contributed by atoms with Crippen LogP contribution in [0.15, 0.2) is 12.4 Å². The van der Waals surface area contributed by atoms with E-state index in [1.165, 1.54) is 50.5 Å². The molecule has 0 saturated heterocycles. The van der Waals surface area contributed by atoms with Crippen LogP contribution in [0.3, 0.4) is 0 Å². The van der Waals surface area contributed by atoms with E-state index in [9.17, 15) is 0 Å². The molecule has 0 spiro atoms. The van der Waals surface area contributed by atoms with E-state index < -0.39 is 0 Å². The zero-order valence-electron chi connectivity index (χ0n) is 14.8. The molecule has 0 unspecified atom stereocenters. The summed E-state index contributed by atoms with van der Waals surface area (Å²) in [5.41, 5.74) is 10.2. The van der Waals surface area contributed by atoms with E-state index in [0.717, 1.165) is 29.3 Å². The minimum Gasteiger partial charge on any atom is -0.368 e. The number of nitrogen functional groups attached to an aromatic ring is 1. The number of nitrogens with two attached hydrogens (primary N) is 1. The van der Waals surface area contributed by atoms with Crippen LogP contribution < -0.4 is 11.1 Å². The molecule has 25 heavy (non-hydrogen) atoms. The number of rotatable bonds is 5. The molecule has 0 aliphatic heterocycles. The van der Waals surface area contributed by atoms with Gasteiger partial charge < -0.3 is 11.1 Å². The molecule has 2 aliphatic carbocycles. The predicted octanol–water partition coefficient (Wildman–Crippen LogP) is 3.56. The Morgan fingerprint density at radius 3 is 2.56 bits per heavy atom. The molecule has 132 valence electrons. The second-order valence-electron chi connectivity index (χ2n) is 7.32. The fraction of sp³-hybridized carbons (Fsp3) is 0.579. The van der Waals surface area contributed by atoms with Crippen molar-refractivity contribution in [2.45, 2.75) is 57.3 Å². The number of nitrogens with zero attached hydrogens (tertiary/aromatic N) is 4. The maximum atomic E-state index is 5.87. The van der Waals surface area contributed by atoms with Gasteiger partial charge in [0, 0.05) is 30.6 Å². The van der Waals surface area contributed by atoms with Gasteiger partial charge in [0.25, 0.3) is 0 Å². The van der Waals surface area contributed by atoms with E-state index >= 15 is 0 Å². The molecule has 0 atom stereocenters. The molecule has 2 aliphatic rings. The maximum Gasteiger partial charge on any atom is 0.222 e. The minimum absolute atomic E-state index is 0.349. The Morgan fingerprint density at radius 1 is 1.04 bits per heavy atom. The van der Waals surface area contributed by atoms with E-state index in [2.05, 4.69) is 20.3 Å². The number of aromatic nitrogens is 4. The molecule has 2 aromatic rings. The van der Waals surface area contributed by atoms with Crippen molar-refractivity contribution in [3.05, 3.63) is 23.7 Å². The van der Waals surface area contributed by atoms with Crippen molar-refractivity contribution in [1.82, 2.24) is 19.9 Å². The van der Waals surface area contributed by atoms with E-state index in [-0.39, 0.29) is 0 Å². The Balaban J connectivity index is 1.79. The van der Waals surface area contributed by atoms with E-state index in [1.807, 2.05) is 19.4 Å². The van der Waals surface area contributed by atoms with Gasteiger partial charge in [0.05, 0.1) is 11.4 Å². The van der Waals surface area contributed by atoms with Gasteiger partial charge in [-0.25, -0.2) is 19.9 Å². The molecular weight excluding hydrogens is 312 g/mol. The summed E-state index contributed by atoms with van der Waals surface area (Å²) in [5, 5.41) is 3.06. The molecule has 3 N–H and O–H groups in total. The molecule has 2 heterocycles. The summed E-state index contributed by atoms with van der Waals surface area (Å²) in [6, 6.07) is 0. The van der Waals surface area contributed by atoms with Crippen LogP contribution in [-0.2, 0) is 6.42 Å². The van der Waals surface area contributed by atoms with Crippen molar-refractivity contribution in [1.29, 1.82) is 0 Å². The number of anilines is 2. The van der Waals surface area contributed by atoms with Gasteiger partial charge in [-0.15, -0.1) is 0 Å². The molecule has 2 aromatic heterocycles. The Morgan fingerprint density at radius 2 is 1.84 bits per heavy atom. The van der Waals surface area contributed by atoms with Crippen LogP contribution in [0.2, 0.25) is 0 Å². The van der Waals surface area contributed by atoms with E-state index in [1.54, 1.807) is 0 Å². The third kappa shape index (κ3) is 3.57. The van der Waals surface area contributed by atoms with Crippen LogP contribution in [-0.4, -0.2) is 27.0 Å². The first-order chi connectivity index (χ1) is 12.2. The molecule has 0 bridgehead atoms.